The van der Waals surface area contributed by atoms with E-state index in [1.165, 1.54) is 6.07 Å². The van der Waals surface area contributed by atoms with Gasteiger partial charge in [0.2, 0.25) is 0 Å². The molecule has 2 aromatic heterocycles. The Morgan fingerprint density at radius 1 is 1.47 bits per heavy atom. The zero-order valence-corrected chi connectivity index (χ0v) is 12.1. The number of rotatable bonds is 4. The van der Waals surface area contributed by atoms with Gasteiger partial charge in [-0.3, -0.25) is 4.79 Å². The van der Waals surface area contributed by atoms with Gasteiger partial charge in [-0.15, -0.1) is 11.3 Å². The summed E-state index contributed by atoms with van der Waals surface area (Å²) in [5.74, 6) is 0.373. The standard InChI is InChI=1S/C12H13ClN4OS/c1-7-15-5-9(19-7)6-16-12(18)8-3-10(13)17-11(4-8)14-2/h3-5H,6H2,1-2H3,(H,14,17)(H,16,18). The average Bonchev–Trinajstić information content (AvgIpc) is 2.81. The van der Waals surface area contributed by atoms with Crippen molar-refractivity contribution in [3.05, 3.63) is 38.9 Å². The number of hydrogen-bond donors (Lipinski definition) is 2. The second kappa shape index (κ2) is 5.99. The number of halogens is 1. The molecule has 100 valence electrons. The number of nitrogens with zero attached hydrogens (tertiary/aromatic N) is 2. The van der Waals surface area contributed by atoms with Crippen LogP contribution in [-0.2, 0) is 6.54 Å². The predicted octanol–water partition coefficient (Wildman–Crippen LogP) is 2.47. The molecule has 7 heteroatoms. The lowest BCUT2D eigenvalue weighted by atomic mass is 10.2. The summed E-state index contributed by atoms with van der Waals surface area (Å²) in [6.45, 7) is 2.39. The van der Waals surface area contributed by atoms with Gasteiger partial charge in [-0.1, -0.05) is 11.6 Å². The van der Waals surface area contributed by atoms with Crippen LogP contribution in [0.25, 0.3) is 0 Å². The lowest BCUT2D eigenvalue weighted by Crippen LogP contribution is -2.22. The van der Waals surface area contributed by atoms with Crippen molar-refractivity contribution in [2.45, 2.75) is 13.5 Å². The van der Waals surface area contributed by atoms with Gasteiger partial charge < -0.3 is 10.6 Å². The highest BCUT2D eigenvalue weighted by atomic mass is 35.5. The van der Waals surface area contributed by atoms with Gasteiger partial charge in [-0.05, 0) is 19.1 Å². The number of aryl methyl sites for hydroxylation is 1. The Kier molecular flexibility index (Phi) is 4.34. The minimum Gasteiger partial charge on any atom is -0.373 e. The highest BCUT2D eigenvalue weighted by Crippen LogP contribution is 2.15. The zero-order valence-electron chi connectivity index (χ0n) is 10.5. The van der Waals surface area contributed by atoms with E-state index < -0.39 is 0 Å². The van der Waals surface area contributed by atoms with Crippen molar-refractivity contribution in [3.8, 4) is 0 Å². The Bertz CT molecular complexity index is 599. The Balaban J connectivity index is 2.05. The Morgan fingerprint density at radius 2 is 2.26 bits per heavy atom. The van der Waals surface area contributed by atoms with Crippen LogP contribution in [-0.4, -0.2) is 22.9 Å². The number of anilines is 1. The van der Waals surface area contributed by atoms with Gasteiger partial charge in [-0.25, -0.2) is 9.97 Å². The Hall–Kier alpha value is -1.66. The van der Waals surface area contributed by atoms with Crippen molar-refractivity contribution in [2.75, 3.05) is 12.4 Å². The third kappa shape index (κ3) is 3.65. The number of nitrogens with one attached hydrogen (secondary N) is 2. The molecule has 2 N–H and O–H groups in total. The molecule has 0 aromatic carbocycles. The fourth-order valence-electron chi connectivity index (χ4n) is 1.51. The highest BCUT2D eigenvalue weighted by molar-refractivity contribution is 7.11. The Labute approximate surface area is 120 Å². The first kappa shape index (κ1) is 13.8. The molecule has 0 saturated heterocycles. The van der Waals surface area contributed by atoms with E-state index in [1.807, 2.05) is 6.92 Å². The van der Waals surface area contributed by atoms with Crippen molar-refractivity contribution in [1.82, 2.24) is 15.3 Å². The maximum atomic E-state index is 12.0. The summed E-state index contributed by atoms with van der Waals surface area (Å²) in [4.78, 5) is 21.2. The predicted molar refractivity (Wildman–Crippen MR) is 76.8 cm³/mol. The molecule has 0 unspecified atom stereocenters. The number of aromatic nitrogens is 2. The first-order valence-electron chi connectivity index (χ1n) is 5.63. The van der Waals surface area contributed by atoms with Crippen LogP contribution >= 0.6 is 22.9 Å². The number of thiazole rings is 1. The van der Waals surface area contributed by atoms with Crippen molar-refractivity contribution < 1.29 is 4.79 Å². The van der Waals surface area contributed by atoms with Crippen LogP contribution in [0.3, 0.4) is 0 Å². The molecule has 0 radical (unpaired) electrons. The number of pyridine rings is 1. The molecule has 1 amide bonds. The summed E-state index contributed by atoms with van der Waals surface area (Å²) >= 11 is 7.41. The third-order valence-electron chi connectivity index (χ3n) is 2.40. The largest absolute Gasteiger partial charge is 0.373 e. The van der Waals surface area contributed by atoms with E-state index in [2.05, 4.69) is 20.6 Å². The zero-order chi connectivity index (χ0) is 13.8. The second-order valence-electron chi connectivity index (χ2n) is 3.84. The molecule has 0 spiro atoms. The van der Waals surface area contributed by atoms with Gasteiger partial charge in [0, 0.05) is 23.7 Å². The summed E-state index contributed by atoms with van der Waals surface area (Å²) in [6, 6.07) is 3.19. The van der Waals surface area contributed by atoms with Crippen LogP contribution < -0.4 is 10.6 Å². The average molecular weight is 297 g/mol. The van der Waals surface area contributed by atoms with Crippen LogP contribution in [0.2, 0.25) is 5.15 Å². The van der Waals surface area contributed by atoms with E-state index in [1.54, 1.807) is 30.6 Å². The number of hydrogen-bond acceptors (Lipinski definition) is 5. The number of amides is 1. The van der Waals surface area contributed by atoms with E-state index in [0.29, 0.717) is 17.9 Å². The quantitative estimate of drug-likeness (QED) is 0.851. The van der Waals surface area contributed by atoms with Crippen LogP contribution in [0.1, 0.15) is 20.2 Å². The summed E-state index contributed by atoms with van der Waals surface area (Å²) in [5, 5.41) is 6.94. The molecule has 0 fully saturated rings. The number of carbonyl (C=O) groups is 1. The van der Waals surface area contributed by atoms with Gasteiger partial charge in [0.25, 0.3) is 5.91 Å². The molecule has 0 bridgehead atoms. The molecular weight excluding hydrogens is 284 g/mol. The lowest BCUT2D eigenvalue weighted by molar-refractivity contribution is 0.0951. The van der Waals surface area contributed by atoms with E-state index in [9.17, 15) is 4.79 Å². The molecule has 5 nitrogen and oxygen atoms in total. The molecule has 0 aliphatic rings. The minimum absolute atomic E-state index is 0.188. The lowest BCUT2D eigenvalue weighted by Gasteiger charge is -2.06. The van der Waals surface area contributed by atoms with Gasteiger partial charge in [-0.2, -0.15) is 0 Å². The van der Waals surface area contributed by atoms with E-state index in [-0.39, 0.29) is 11.1 Å². The summed E-state index contributed by atoms with van der Waals surface area (Å²) in [7, 11) is 1.72. The van der Waals surface area contributed by atoms with Crippen molar-refractivity contribution in [3.63, 3.8) is 0 Å². The van der Waals surface area contributed by atoms with Gasteiger partial charge in [0.1, 0.15) is 11.0 Å². The SMILES string of the molecule is CNc1cc(C(=O)NCc2cnc(C)s2)cc(Cl)n1. The highest BCUT2D eigenvalue weighted by Gasteiger charge is 2.09. The second-order valence-corrected chi connectivity index (χ2v) is 5.55. The molecule has 0 saturated carbocycles. The molecule has 2 heterocycles. The van der Waals surface area contributed by atoms with E-state index in [4.69, 9.17) is 11.6 Å². The van der Waals surface area contributed by atoms with Crippen molar-refractivity contribution in [1.29, 1.82) is 0 Å². The maximum absolute atomic E-state index is 12.0. The van der Waals surface area contributed by atoms with Gasteiger partial charge in [0.05, 0.1) is 11.6 Å². The third-order valence-corrected chi connectivity index (χ3v) is 3.51. The first-order valence-corrected chi connectivity index (χ1v) is 6.83. The molecule has 2 rings (SSSR count). The molecule has 0 aliphatic carbocycles. The summed E-state index contributed by atoms with van der Waals surface area (Å²) in [5.41, 5.74) is 0.477. The fraction of sp³-hybridized carbons (Fsp3) is 0.250. The monoisotopic (exact) mass is 296 g/mol. The summed E-state index contributed by atoms with van der Waals surface area (Å²) in [6.07, 6.45) is 1.76. The van der Waals surface area contributed by atoms with Crippen molar-refractivity contribution in [2.24, 2.45) is 0 Å². The molecule has 19 heavy (non-hydrogen) atoms. The van der Waals surface area contributed by atoms with E-state index in [0.717, 1.165) is 9.88 Å². The molecule has 2 aromatic rings. The smallest absolute Gasteiger partial charge is 0.251 e. The normalized spacial score (nSPS) is 10.3. The van der Waals surface area contributed by atoms with Crippen LogP contribution in [0, 0.1) is 6.92 Å². The molecule has 0 atom stereocenters. The van der Waals surface area contributed by atoms with Crippen LogP contribution in [0.15, 0.2) is 18.3 Å². The van der Waals surface area contributed by atoms with Crippen LogP contribution in [0.4, 0.5) is 5.82 Å². The van der Waals surface area contributed by atoms with Gasteiger partial charge >= 0.3 is 0 Å². The van der Waals surface area contributed by atoms with Crippen molar-refractivity contribution >= 4 is 34.7 Å². The summed E-state index contributed by atoms with van der Waals surface area (Å²) < 4.78 is 0. The Morgan fingerprint density at radius 3 is 2.89 bits per heavy atom. The van der Waals surface area contributed by atoms with Crippen LogP contribution in [0.5, 0.6) is 0 Å². The van der Waals surface area contributed by atoms with E-state index >= 15 is 0 Å². The first-order chi connectivity index (χ1) is 9.08. The fourth-order valence-corrected chi connectivity index (χ4v) is 2.46. The topological polar surface area (TPSA) is 66.9 Å². The minimum atomic E-state index is -0.188. The number of carbonyl (C=O) groups excluding carboxylic acids is 1. The maximum Gasteiger partial charge on any atom is 0.251 e. The molecule has 0 aliphatic heterocycles. The molecular formula is C12H13ClN4OS. The van der Waals surface area contributed by atoms with Gasteiger partial charge in [0.15, 0.2) is 0 Å².